The van der Waals surface area contributed by atoms with Gasteiger partial charge in [0, 0.05) is 12.3 Å². The molecule has 0 heterocycles. The molecule has 30 heavy (non-hydrogen) atoms. The largest absolute Gasteiger partial charge is 0.494 e. The number of Topliss-reactive ketones (excluding diaryl/α,β-unsaturated/α-hetero) is 1. The summed E-state index contributed by atoms with van der Waals surface area (Å²) >= 11 is 0. The summed E-state index contributed by atoms with van der Waals surface area (Å²) in [6.07, 6.45) is -1.17. The molecule has 166 valence electrons. The van der Waals surface area contributed by atoms with Gasteiger partial charge in [-0.05, 0) is 59.2 Å². The molecule has 0 saturated heterocycles. The van der Waals surface area contributed by atoms with Crippen molar-refractivity contribution in [3.63, 3.8) is 0 Å². The standard InChI is InChI=1S/C23H32O7/c1-7-28-16-10-8-15(9-11-16)18-19(21(25)29-13(2)3)17(24)12-23(6,27)20(18)22(26)30-14(4)5/h8-11,13-14,18-20,27H,7,12H2,1-6H3. The van der Waals surface area contributed by atoms with Crippen LogP contribution in [-0.2, 0) is 23.9 Å². The Hall–Kier alpha value is -2.41. The quantitative estimate of drug-likeness (QED) is 0.535. The minimum atomic E-state index is -1.67. The molecule has 0 aromatic heterocycles. The second kappa shape index (κ2) is 9.60. The van der Waals surface area contributed by atoms with Crippen molar-refractivity contribution in [2.45, 2.75) is 71.7 Å². The van der Waals surface area contributed by atoms with Gasteiger partial charge in [0.05, 0.1) is 30.3 Å². The van der Waals surface area contributed by atoms with Crippen LogP contribution in [-0.4, -0.2) is 47.2 Å². The van der Waals surface area contributed by atoms with E-state index in [-0.39, 0.29) is 6.42 Å². The highest BCUT2D eigenvalue weighted by Crippen LogP contribution is 2.47. The maximum Gasteiger partial charge on any atom is 0.317 e. The zero-order valence-electron chi connectivity index (χ0n) is 18.5. The van der Waals surface area contributed by atoms with Crippen LogP contribution in [0.25, 0.3) is 0 Å². The Morgan fingerprint density at radius 2 is 1.60 bits per heavy atom. The Morgan fingerprint density at radius 1 is 1.07 bits per heavy atom. The molecule has 0 bridgehead atoms. The van der Waals surface area contributed by atoms with E-state index in [0.717, 1.165) is 0 Å². The van der Waals surface area contributed by atoms with Crippen LogP contribution >= 0.6 is 0 Å². The van der Waals surface area contributed by atoms with Crippen molar-refractivity contribution in [1.29, 1.82) is 0 Å². The number of benzene rings is 1. The molecule has 0 spiro atoms. The third-order valence-electron chi connectivity index (χ3n) is 5.05. The fourth-order valence-corrected chi connectivity index (χ4v) is 3.98. The first-order valence-corrected chi connectivity index (χ1v) is 10.4. The van der Waals surface area contributed by atoms with E-state index in [1.165, 1.54) is 6.92 Å². The molecule has 7 nitrogen and oxygen atoms in total. The van der Waals surface area contributed by atoms with Crippen molar-refractivity contribution in [3.8, 4) is 5.75 Å². The molecule has 1 aliphatic carbocycles. The molecule has 7 heteroatoms. The van der Waals surface area contributed by atoms with Crippen molar-refractivity contribution in [2.24, 2.45) is 11.8 Å². The predicted octanol–water partition coefficient (Wildman–Crippen LogP) is 3.03. The van der Waals surface area contributed by atoms with E-state index < -0.39 is 53.3 Å². The lowest BCUT2D eigenvalue weighted by Gasteiger charge is -2.44. The topological polar surface area (TPSA) is 99.1 Å². The Balaban J connectivity index is 2.58. The molecular weight excluding hydrogens is 388 g/mol. The van der Waals surface area contributed by atoms with E-state index in [9.17, 15) is 19.5 Å². The van der Waals surface area contributed by atoms with Gasteiger partial charge in [-0.25, -0.2) is 0 Å². The normalized spacial score (nSPS) is 26.6. The molecular formula is C23H32O7. The maximum atomic E-state index is 13.0. The number of ether oxygens (including phenoxy) is 3. The molecule has 0 aliphatic heterocycles. The van der Waals surface area contributed by atoms with Gasteiger partial charge in [0.25, 0.3) is 0 Å². The van der Waals surface area contributed by atoms with Crippen LogP contribution in [0.1, 0.15) is 59.4 Å². The van der Waals surface area contributed by atoms with Crippen molar-refractivity contribution >= 4 is 17.7 Å². The van der Waals surface area contributed by atoms with Crippen LogP contribution in [0, 0.1) is 11.8 Å². The first kappa shape index (κ1) is 23.9. The van der Waals surface area contributed by atoms with Crippen molar-refractivity contribution in [2.75, 3.05) is 6.61 Å². The van der Waals surface area contributed by atoms with Crippen LogP contribution in [0.2, 0.25) is 0 Å². The van der Waals surface area contributed by atoms with Gasteiger partial charge < -0.3 is 19.3 Å². The smallest absolute Gasteiger partial charge is 0.317 e. The fraction of sp³-hybridized carbons (Fsp3) is 0.609. The Bertz CT molecular complexity index is 756. The number of esters is 2. The van der Waals surface area contributed by atoms with Gasteiger partial charge in [0.15, 0.2) is 5.78 Å². The summed E-state index contributed by atoms with van der Waals surface area (Å²) in [4.78, 5) is 38.8. The number of hydrogen-bond acceptors (Lipinski definition) is 7. The average molecular weight is 421 g/mol. The molecule has 1 fully saturated rings. The zero-order chi connectivity index (χ0) is 22.6. The number of rotatable bonds is 7. The minimum Gasteiger partial charge on any atom is -0.494 e. The molecule has 1 saturated carbocycles. The van der Waals surface area contributed by atoms with Crippen molar-refractivity contribution in [3.05, 3.63) is 29.8 Å². The number of carbonyl (C=O) groups excluding carboxylic acids is 3. The van der Waals surface area contributed by atoms with Crippen LogP contribution in [0.5, 0.6) is 5.75 Å². The van der Waals surface area contributed by atoms with Crippen LogP contribution in [0.4, 0.5) is 0 Å². The van der Waals surface area contributed by atoms with E-state index in [2.05, 4.69) is 0 Å². The van der Waals surface area contributed by atoms with Gasteiger partial charge >= 0.3 is 11.9 Å². The summed E-state index contributed by atoms with van der Waals surface area (Å²) < 4.78 is 16.2. The molecule has 2 rings (SSSR count). The number of hydrogen-bond donors (Lipinski definition) is 1. The number of ketones is 1. The van der Waals surface area contributed by atoms with Gasteiger partial charge in [-0.2, -0.15) is 0 Å². The lowest BCUT2D eigenvalue weighted by molar-refractivity contribution is -0.176. The molecule has 0 amide bonds. The third-order valence-corrected chi connectivity index (χ3v) is 5.05. The number of carbonyl (C=O) groups is 3. The first-order valence-electron chi connectivity index (χ1n) is 10.4. The second-order valence-corrected chi connectivity index (χ2v) is 8.45. The summed E-state index contributed by atoms with van der Waals surface area (Å²) in [7, 11) is 0. The molecule has 1 aliphatic rings. The van der Waals surface area contributed by atoms with Crippen LogP contribution in [0.3, 0.4) is 0 Å². The number of aliphatic hydroxyl groups is 1. The SMILES string of the molecule is CCOc1ccc(C2C(C(=O)OC(C)C)C(=O)CC(C)(O)C2C(=O)OC(C)C)cc1. The van der Waals surface area contributed by atoms with E-state index >= 15 is 0 Å². The summed E-state index contributed by atoms with van der Waals surface area (Å²) in [5, 5.41) is 11.0. The zero-order valence-corrected chi connectivity index (χ0v) is 18.5. The minimum absolute atomic E-state index is 0.337. The van der Waals surface area contributed by atoms with E-state index in [4.69, 9.17) is 14.2 Å². The Morgan fingerprint density at radius 3 is 2.10 bits per heavy atom. The molecule has 4 unspecified atom stereocenters. The molecule has 1 aromatic rings. The van der Waals surface area contributed by atoms with Gasteiger partial charge in [0.2, 0.25) is 0 Å². The van der Waals surface area contributed by atoms with Gasteiger partial charge in [-0.15, -0.1) is 0 Å². The highest BCUT2D eigenvalue weighted by Gasteiger charge is 2.57. The van der Waals surface area contributed by atoms with E-state index in [1.807, 2.05) is 6.92 Å². The summed E-state index contributed by atoms with van der Waals surface area (Å²) in [5.74, 6) is -4.43. The monoisotopic (exact) mass is 420 g/mol. The van der Waals surface area contributed by atoms with Crippen LogP contribution < -0.4 is 4.74 Å². The highest BCUT2D eigenvalue weighted by atomic mass is 16.5. The Kier molecular flexibility index (Phi) is 7.64. The first-order chi connectivity index (χ1) is 14.0. The van der Waals surface area contributed by atoms with Crippen molar-refractivity contribution in [1.82, 2.24) is 0 Å². The van der Waals surface area contributed by atoms with Gasteiger partial charge in [-0.3, -0.25) is 14.4 Å². The molecule has 1 N–H and O–H groups in total. The lowest BCUT2D eigenvalue weighted by atomic mass is 9.61. The third kappa shape index (κ3) is 5.39. The van der Waals surface area contributed by atoms with Crippen LogP contribution in [0.15, 0.2) is 24.3 Å². The molecule has 0 radical (unpaired) electrons. The van der Waals surface area contributed by atoms with Gasteiger partial charge in [0.1, 0.15) is 11.7 Å². The lowest BCUT2D eigenvalue weighted by Crippen LogP contribution is -2.55. The fourth-order valence-electron chi connectivity index (χ4n) is 3.98. The summed E-state index contributed by atoms with van der Waals surface area (Å²) in [5.41, 5.74) is -1.11. The Labute approximate surface area is 177 Å². The predicted molar refractivity (Wildman–Crippen MR) is 110 cm³/mol. The van der Waals surface area contributed by atoms with E-state index in [1.54, 1.807) is 52.0 Å². The summed E-state index contributed by atoms with van der Waals surface area (Å²) in [6, 6.07) is 6.83. The highest BCUT2D eigenvalue weighted by molar-refractivity contribution is 6.02. The average Bonchev–Trinajstić information content (AvgIpc) is 2.59. The molecule has 4 atom stereocenters. The second-order valence-electron chi connectivity index (χ2n) is 8.45. The van der Waals surface area contributed by atoms with E-state index in [0.29, 0.717) is 17.9 Å². The van der Waals surface area contributed by atoms with Gasteiger partial charge in [-0.1, -0.05) is 12.1 Å². The molecule has 1 aromatic carbocycles. The summed E-state index contributed by atoms with van der Waals surface area (Å²) in [6.45, 7) is 10.6. The van der Waals surface area contributed by atoms with Crippen molar-refractivity contribution < 1.29 is 33.7 Å². The maximum absolute atomic E-state index is 13.0.